The Hall–Kier alpha value is -4.18. The Balaban J connectivity index is 1.97. The van der Waals surface area contributed by atoms with E-state index < -0.39 is 11.9 Å². The van der Waals surface area contributed by atoms with Gasteiger partial charge in [-0.1, -0.05) is 18.2 Å². The number of hydrogen-bond donors (Lipinski definition) is 1. The van der Waals surface area contributed by atoms with Crippen LogP contribution in [0, 0.1) is 11.3 Å². The molecule has 1 aromatic heterocycles. The number of ketones is 1. The van der Waals surface area contributed by atoms with Crippen LogP contribution in [0.3, 0.4) is 0 Å². The van der Waals surface area contributed by atoms with Crippen molar-refractivity contribution in [2.24, 2.45) is 0 Å². The summed E-state index contributed by atoms with van der Waals surface area (Å²) in [7, 11) is 1.55. The summed E-state index contributed by atoms with van der Waals surface area (Å²) in [6, 6.07) is 15.7. The number of Topliss-reactive ketones (excluding diaryl/α,β-unsaturated/α-hetero) is 1. The number of hydrogen-bond acceptors (Lipinski definition) is 4. The maximum atomic E-state index is 12.9. The Morgan fingerprint density at radius 1 is 1.13 bits per heavy atom. The van der Waals surface area contributed by atoms with Gasteiger partial charge in [-0.05, 0) is 43.3 Å². The number of aromatic nitrogens is 1. The van der Waals surface area contributed by atoms with Gasteiger partial charge in [0.1, 0.15) is 18.2 Å². The zero-order chi connectivity index (χ0) is 21.8. The van der Waals surface area contributed by atoms with E-state index in [2.05, 4.69) is 0 Å². The molecule has 30 heavy (non-hydrogen) atoms. The van der Waals surface area contributed by atoms with Crippen LogP contribution in [-0.4, -0.2) is 34.4 Å². The quantitative estimate of drug-likeness (QED) is 0.387. The van der Waals surface area contributed by atoms with E-state index in [0.717, 1.165) is 5.39 Å². The molecule has 3 aromatic rings. The van der Waals surface area contributed by atoms with Gasteiger partial charge in [-0.25, -0.2) is 0 Å². The van der Waals surface area contributed by atoms with E-state index >= 15 is 0 Å². The molecule has 0 aliphatic rings. The van der Waals surface area contributed by atoms with Crippen LogP contribution in [0.25, 0.3) is 17.0 Å². The number of benzene rings is 2. The third-order valence-corrected chi connectivity index (χ3v) is 4.74. The molecule has 2 aromatic carbocycles. The van der Waals surface area contributed by atoms with Gasteiger partial charge in [0.2, 0.25) is 0 Å². The normalized spacial score (nSPS) is 11.2. The summed E-state index contributed by atoms with van der Waals surface area (Å²) in [4.78, 5) is 36.8. The van der Waals surface area contributed by atoms with Gasteiger partial charge in [0, 0.05) is 41.0 Å². The fourth-order valence-corrected chi connectivity index (χ4v) is 3.18. The molecule has 1 amide bonds. The van der Waals surface area contributed by atoms with E-state index in [1.54, 1.807) is 60.3 Å². The Kier molecular flexibility index (Phi) is 5.79. The lowest BCUT2D eigenvalue weighted by atomic mass is 10.1. The topological polar surface area (TPSA) is 103 Å². The first-order valence-corrected chi connectivity index (χ1v) is 9.12. The predicted molar refractivity (Wildman–Crippen MR) is 113 cm³/mol. The van der Waals surface area contributed by atoms with Gasteiger partial charge in [0.15, 0.2) is 5.78 Å². The van der Waals surface area contributed by atoms with Gasteiger partial charge in [-0.2, -0.15) is 5.26 Å². The first-order valence-electron chi connectivity index (χ1n) is 9.12. The standard InChI is InChI=1S/C23H19N3O4/c1-15(27)16-7-9-19(10-8-16)25(2)23(30)17(12-24)11-18-13-26(14-22(28)29)21-6-4-3-5-20(18)21/h3-11,13H,14H2,1-2H3,(H,28,29)/b17-11+. The fraction of sp³-hybridized carbons (Fsp3) is 0.130. The zero-order valence-corrected chi connectivity index (χ0v) is 16.5. The monoisotopic (exact) mass is 401 g/mol. The number of nitrogens with zero attached hydrogens (tertiary/aromatic N) is 3. The van der Waals surface area contributed by atoms with Gasteiger partial charge in [0.25, 0.3) is 5.91 Å². The number of carboxylic acids is 1. The van der Waals surface area contributed by atoms with Crippen LogP contribution in [0.5, 0.6) is 0 Å². The van der Waals surface area contributed by atoms with Crippen LogP contribution in [0.4, 0.5) is 5.69 Å². The summed E-state index contributed by atoms with van der Waals surface area (Å²) < 4.78 is 1.56. The fourth-order valence-electron chi connectivity index (χ4n) is 3.18. The molecule has 0 saturated heterocycles. The highest BCUT2D eigenvalue weighted by Gasteiger charge is 2.18. The maximum Gasteiger partial charge on any atom is 0.323 e. The molecule has 7 heteroatoms. The minimum Gasteiger partial charge on any atom is -0.480 e. The molecule has 0 bridgehead atoms. The second kappa shape index (κ2) is 8.45. The first-order chi connectivity index (χ1) is 14.3. The van der Waals surface area contributed by atoms with Crippen LogP contribution in [0.2, 0.25) is 0 Å². The Labute approximate surface area is 173 Å². The lowest BCUT2D eigenvalue weighted by Gasteiger charge is -2.17. The molecule has 0 unspecified atom stereocenters. The number of amides is 1. The number of carboxylic acid groups (broad SMARTS) is 1. The van der Waals surface area contributed by atoms with Gasteiger partial charge >= 0.3 is 5.97 Å². The lowest BCUT2D eigenvalue weighted by Crippen LogP contribution is -2.27. The Morgan fingerprint density at radius 2 is 1.80 bits per heavy atom. The minimum absolute atomic E-state index is 0.0779. The highest BCUT2D eigenvalue weighted by molar-refractivity contribution is 6.12. The highest BCUT2D eigenvalue weighted by Crippen LogP contribution is 2.25. The Bertz CT molecular complexity index is 1210. The van der Waals surface area contributed by atoms with Crippen LogP contribution in [0.15, 0.2) is 60.3 Å². The molecule has 1 heterocycles. The minimum atomic E-state index is -0.989. The van der Waals surface area contributed by atoms with Crippen LogP contribution in [0.1, 0.15) is 22.8 Å². The molecule has 0 radical (unpaired) electrons. The van der Waals surface area contributed by atoms with Crippen molar-refractivity contribution < 1.29 is 19.5 Å². The van der Waals surface area contributed by atoms with Gasteiger partial charge in [-0.3, -0.25) is 14.4 Å². The summed E-state index contributed by atoms with van der Waals surface area (Å²) in [6.45, 7) is 1.23. The average Bonchev–Trinajstić information content (AvgIpc) is 3.07. The number of carbonyl (C=O) groups is 3. The van der Waals surface area contributed by atoms with E-state index in [4.69, 9.17) is 5.11 Å². The van der Waals surface area contributed by atoms with Crippen molar-refractivity contribution in [3.8, 4) is 6.07 Å². The second-order valence-corrected chi connectivity index (χ2v) is 6.76. The number of aliphatic carboxylic acids is 1. The SMILES string of the molecule is CC(=O)c1ccc(N(C)C(=O)/C(C#N)=C/c2cn(CC(=O)O)c3ccccc23)cc1. The van der Waals surface area contributed by atoms with Crippen molar-refractivity contribution in [2.45, 2.75) is 13.5 Å². The molecule has 0 saturated carbocycles. The smallest absolute Gasteiger partial charge is 0.323 e. The molecule has 0 fully saturated rings. The third kappa shape index (κ3) is 4.13. The van der Waals surface area contributed by atoms with E-state index in [-0.39, 0.29) is 17.9 Å². The molecule has 0 atom stereocenters. The molecule has 0 aliphatic heterocycles. The van der Waals surface area contributed by atoms with Crippen molar-refractivity contribution in [3.63, 3.8) is 0 Å². The van der Waals surface area contributed by atoms with Gasteiger partial charge in [-0.15, -0.1) is 0 Å². The molecular formula is C23H19N3O4. The predicted octanol–water partition coefficient (Wildman–Crippen LogP) is 3.50. The molecule has 0 aliphatic carbocycles. The van der Waals surface area contributed by atoms with Gasteiger partial charge < -0.3 is 14.6 Å². The van der Waals surface area contributed by atoms with Crippen molar-refractivity contribution >= 4 is 40.3 Å². The molecule has 150 valence electrons. The number of fused-ring (bicyclic) bond motifs is 1. The van der Waals surface area contributed by atoms with E-state index in [9.17, 15) is 19.6 Å². The maximum absolute atomic E-state index is 12.9. The van der Waals surface area contributed by atoms with Crippen LogP contribution < -0.4 is 4.90 Å². The second-order valence-electron chi connectivity index (χ2n) is 6.76. The number of nitriles is 1. The summed E-state index contributed by atoms with van der Waals surface area (Å²) in [6.07, 6.45) is 3.08. The van der Waals surface area contributed by atoms with Gasteiger partial charge in [0.05, 0.1) is 0 Å². The number of para-hydroxylation sites is 1. The summed E-state index contributed by atoms with van der Waals surface area (Å²) in [5, 5.41) is 19.5. The summed E-state index contributed by atoms with van der Waals surface area (Å²) in [5.41, 5.74) is 2.26. The van der Waals surface area contributed by atoms with Crippen LogP contribution >= 0.6 is 0 Å². The van der Waals surface area contributed by atoms with E-state index in [1.807, 2.05) is 12.1 Å². The number of carbonyl (C=O) groups excluding carboxylic acids is 2. The van der Waals surface area contributed by atoms with Crippen molar-refractivity contribution in [2.75, 3.05) is 11.9 Å². The Morgan fingerprint density at radius 3 is 2.40 bits per heavy atom. The highest BCUT2D eigenvalue weighted by atomic mass is 16.4. The van der Waals surface area contributed by atoms with Crippen molar-refractivity contribution in [3.05, 3.63) is 71.4 Å². The molecule has 1 N–H and O–H groups in total. The van der Waals surface area contributed by atoms with Crippen LogP contribution in [-0.2, 0) is 16.1 Å². The van der Waals surface area contributed by atoms with E-state index in [1.165, 1.54) is 17.9 Å². The average molecular weight is 401 g/mol. The van der Waals surface area contributed by atoms with E-state index in [0.29, 0.717) is 22.3 Å². The first kappa shape index (κ1) is 20.6. The summed E-state index contributed by atoms with van der Waals surface area (Å²) in [5.74, 6) is -1.58. The number of likely N-dealkylation sites (N-methyl/N-ethyl adjacent to an activating group) is 1. The molecule has 7 nitrogen and oxygen atoms in total. The third-order valence-electron chi connectivity index (χ3n) is 4.74. The van der Waals surface area contributed by atoms with Crippen molar-refractivity contribution in [1.29, 1.82) is 5.26 Å². The molecular weight excluding hydrogens is 382 g/mol. The molecule has 3 rings (SSSR count). The lowest BCUT2D eigenvalue weighted by molar-refractivity contribution is -0.137. The number of rotatable bonds is 6. The number of anilines is 1. The largest absolute Gasteiger partial charge is 0.480 e. The van der Waals surface area contributed by atoms with Crippen molar-refractivity contribution in [1.82, 2.24) is 4.57 Å². The summed E-state index contributed by atoms with van der Waals surface area (Å²) >= 11 is 0. The zero-order valence-electron chi connectivity index (χ0n) is 16.5. The molecule has 0 spiro atoms.